The molecule has 16 heavy (non-hydrogen) atoms. The summed E-state index contributed by atoms with van der Waals surface area (Å²) in [5, 5.41) is 0. The number of carbonyl (C=O) groups is 1. The van der Waals surface area contributed by atoms with E-state index in [1.54, 1.807) is 30.1 Å². The van der Waals surface area contributed by atoms with E-state index in [1.165, 1.54) is 0 Å². The minimum absolute atomic E-state index is 0.00433. The third-order valence-electron chi connectivity index (χ3n) is 2.72. The second kappa shape index (κ2) is 4.13. The van der Waals surface area contributed by atoms with E-state index in [1.807, 2.05) is 0 Å². The zero-order valence-electron chi connectivity index (χ0n) is 8.58. The summed E-state index contributed by atoms with van der Waals surface area (Å²) in [5.41, 5.74) is 2.13. The van der Waals surface area contributed by atoms with Gasteiger partial charge in [0.15, 0.2) is 0 Å². The first-order valence-corrected chi connectivity index (χ1v) is 5.74. The molecule has 2 rings (SSSR count). The number of likely N-dealkylation sites (N-methyl/N-ethyl adjacent to an activating group) is 1. The van der Waals surface area contributed by atoms with Gasteiger partial charge in [-0.1, -0.05) is 28.1 Å². The minimum Gasteiger partial charge on any atom is -0.315 e. The summed E-state index contributed by atoms with van der Waals surface area (Å²) in [5.74, 6) is -0.00433. The number of hydrogen-bond acceptors (Lipinski definition) is 1. The lowest BCUT2D eigenvalue weighted by Gasteiger charge is -2.13. The van der Waals surface area contributed by atoms with Crippen LogP contribution in [0.15, 0.2) is 18.2 Å². The average molecular weight is 290 g/mol. The molecular formula is C11H10BrF2NO. The van der Waals surface area contributed by atoms with E-state index in [9.17, 15) is 13.6 Å². The molecule has 5 heteroatoms. The first-order chi connectivity index (χ1) is 7.50. The zero-order chi connectivity index (χ0) is 11.9. The van der Waals surface area contributed by atoms with Crippen molar-refractivity contribution in [3.63, 3.8) is 0 Å². The molecule has 1 aromatic carbocycles. The number of alkyl halides is 3. The van der Waals surface area contributed by atoms with Crippen LogP contribution in [-0.4, -0.2) is 19.4 Å². The van der Waals surface area contributed by atoms with Gasteiger partial charge < -0.3 is 4.90 Å². The van der Waals surface area contributed by atoms with Crippen LogP contribution >= 0.6 is 15.9 Å². The summed E-state index contributed by atoms with van der Waals surface area (Å²) in [6, 6.07) is 5.01. The maximum Gasteiger partial charge on any atom is 0.255 e. The first-order valence-electron chi connectivity index (χ1n) is 4.82. The van der Waals surface area contributed by atoms with Crippen molar-refractivity contribution in [2.45, 2.75) is 17.7 Å². The fourth-order valence-electron chi connectivity index (χ4n) is 1.81. The number of hydrogen-bond donors (Lipinski definition) is 0. The van der Waals surface area contributed by atoms with Gasteiger partial charge in [-0.2, -0.15) is 0 Å². The third kappa shape index (κ3) is 1.84. The molecule has 0 spiro atoms. The number of nitrogens with zero attached hydrogens (tertiary/aromatic N) is 1. The Morgan fingerprint density at radius 2 is 2.12 bits per heavy atom. The molecule has 1 amide bonds. The van der Waals surface area contributed by atoms with Crippen molar-refractivity contribution in [3.8, 4) is 0 Å². The molecule has 1 aliphatic heterocycles. The Labute approximate surface area is 100 Å². The van der Waals surface area contributed by atoms with E-state index in [-0.39, 0.29) is 5.91 Å². The fourth-order valence-corrected chi connectivity index (χ4v) is 2.09. The number of amides is 1. The van der Waals surface area contributed by atoms with Crippen LogP contribution in [0.2, 0.25) is 0 Å². The van der Waals surface area contributed by atoms with E-state index >= 15 is 0 Å². The van der Waals surface area contributed by atoms with Gasteiger partial charge in [-0.05, 0) is 17.2 Å². The topological polar surface area (TPSA) is 20.3 Å². The Morgan fingerprint density at radius 1 is 1.44 bits per heavy atom. The smallest absolute Gasteiger partial charge is 0.255 e. The van der Waals surface area contributed by atoms with Crippen LogP contribution in [0.3, 0.4) is 0 Å². The van der Waals surface area contributed by atoms with Gasteiger partial charge in [0, 0.05) is 12.7 Å². The molecule has 0 radical (unpaired) electrons. The normalized spacial score (nSPS) is 16.8. The summed E-state index contributed by atoms with van der Waals surface area (Å²) in [6.07, 6.45) is -2.16. The van der Waals surface area contributed by atoms with Crippen LogP contribution in [0.25, 0.3) is 0 Å². The Hall–Kier alpha value is -0.970. The minimum atomic E-state index is -2.45. The van der Waals surface area contributed by atoms with Gasteiger partial charge >= 0.3 is 0 Å². The number of benzene rings is 1. The van der Waals surface area contributed by atoms with Crippen molar-refractivity contribution >= 4 is 27.5 Å². The van der Waals surface area contributed by atoms with Crippen molar-refractivity contribution in [2.75, 3.05) is 11.9 Å². The van der Waals surface area contributed by atoms with Gasteiger partial charge in [-0.15, -0.1) is 0 Å². The second-order valence-corrected chi connectivity index (χ2v) is 4.74. The number of anilines is 1. The number of fused-ring (bicyclic) bond motifs is 1. The quantitative estimate of drug-likeness (QED) is 0.767. The monoisotopic (exact) mass is 289 g/mol. The molecule has 0 saturated heterocycles. The van der Waals surface area contributed by atoms with Crippen molar-refractivity contribution < 1.29 is 13.6 Å². The Kier molecular flexibility index (Phi) is 2.97. The van der Waals surface area contributed by atoms with Gasteiger partial charge in [-0.3, -0.25) is 4.79 Å². The summed E-state index contributed by atoms with van der Waals surface area (Å²) in [4.78, 5) is 12.0. The molecular weight excluding hydrogens is 280 g/mol. The van der Waals surface area contributed by atoms with Gasteiger partial charge in [0.05, 0.1) is 6.42 Å². The van der Waals surface area contributed by atoms with Crippen LogP contribution in [0, 0.1) is 0 Å². The van der Waals surface area contributed by atoms with Crippen LogP contribution in [0.4, 0.5) is 14.5 Å². The molecule has 0 N–H and O–H groups in total. The molecule has 2 nitrogen and oxygen atoms in total. The molecule has 1 unspecified atom stereocenters. The second-order valence-electron chi connectivity index (χ2n) is 3.75. The summed E-state index contributed by atoms with van der Waals surface area (Å²) < 4.78 is 25.0. The van der Waals surface area contributed by atoms with Crippen molar-refractivity contribution in [3.05, 3.63) is 29.3 Å². The van der Waals surface area contributed by atoms with E-state index in [4.69, 9.17) is 0 Å². The van der Waals surface area contributed by atoms with E-state index in [0.29, 0.717) is 12.0 Å². The molecule has 1 aromatic rings. The summed E-state index contributed by atoms with van der Waals surface area (Å²) in [6.45, 7) is 0. The molecule has 1 atom stereocenters. The Balaban J connectivity index is 2.35. The molecule has 1 aliphatic rings. The lowest BCUT2D eigenvalue weighted by molar-refractivity contribution is -0.117. The zero-order valence-corrected chi connectivity index (χ0v) is 10.2. The van der Waals surface area contributed by atoms with Crippen LogP contribution in [0.1, 0.15) is 16.0 Å². The van der Waals surface area contributed by atoms with Gasteiger partial charge in [0.2, 0.25) is 5.91 Å². The van der Waals surface area contributed by atoms with Crippen molar-refractivity contribution in [1.82, 2.24) is 0 Å². The molecule has 0 bridgehead atoms. The van der Waals surface area contributed by atoms with E-state index < -0.39 is 11.3 Å². The van der Waals surface area contributed by atoms with Gasteiger partial charge in [-0.25, -0.2) is 8.78 Å². The highest BCUT2D eigenvalue weighted by molar-refractivity contribution is 9.09. The van der Waals surface area contributed by atoms with Crippen LogP contribution in [-0.2, 0) is 11.2 Å². The molecule has 0 aromatic heterocycles. The van der Waals surface area contributed by atoms with Crippen molar-refractivity contribution in [1.29, 1.82) is 0 Å². The van der Waals surface area contributed by atoms with Gasteiger partial charge in [0.1, 0.15) is 4.83 Å². The standard InChI is InChI=1S/C11H10BrF2NO/c1-15-8-3-2-6(10(12)11(13)14)4-7(8)5-9(15)16/h2-4,10-11H,5H2,1H3. The maximum atomic E-state index is 12.5. The highest BCUT2D eigenvalue weighted by Crippen LogP contribution is 2.35. The molecule has 0 saturated carbocycles. The number of halogens is 3. The highest BCUT2D eigenvalue weighted by Gasteiger charge is 2.26. The SMILES string of the molecule is CN1C(=O)Cc2cc(C(Br)C(F)F)ccc21. The maximum absolute atomic E-state index is 12.5. The predicted octanol–water partition coefficient (Wildman–Crippen LogP) is 2.91. The fraction of sp³-hybridized carbons (Fsp3) is 0.364. The molecule has 0 fully saturated rings. The largest absolute Gasteiger partial charge is 0.315 e. The summed E-state index contributed by atoms with van der Waals surface area (Å²) in [7, 11) is 1.69. The number of rotatable bonds is 2. The summed E-state index contributed by atoms with van der Waals surface area (Å²) >= 11 is 2.94. The molecule has 86 valence electrons. The molecule has 1 heterocycles. The van der Waals surface area contributed by atoms with Crippen LogP contribution < -0.4 is 4.90 Å². The highest BCUT2D eigenvalue weighted by atomic mass is 79.9. The lowest BCUT2D eigenvalue weighted by atomic mass is 10.1. The predicted molar refractivity (Wildman–Crippen MR) is 61.2 cm³/mol. The average Bonchev–Trinajstić information content (AvgIpc) is 2.53. The Morgan fingerprint density at radius 3 is 2.75 bits per heavy atom. The Bertz CT molecular complexity index is 436. The lowest BCUT2D eigenvalue weighted by Crippen LogP contribution is -2.20. The van der Waals surface area contributed by atoms with E-state index in [0.717, 1.165) is 11.3 Å². The molecule has 0 aliphatic carbocycles. The van der Waals surface area contributed by atoms with Gasteiger partial charge in [0.25, 0.3) is 6.43 Å². The van der Waals surface area contributed by atoms with Crippen LogP contribution in [0.5, 0.6) is 0 Å². The third-order valence-corrected chi connectivity index (χ3v) is 3.65. The number of carbonyl (C=O) groups excluding carboxylic acids is 1. The first kappa shape index (κ1) is 11.5. The van der Waals surface area contributed by atoms with Crippen molar-refractivity contribution in [2.24, 2.45) is 0 Å². The van der Waals surface area contributed by atoms with E-state index in [2.05, 4.69) is 15.9 Å².